The summed E-state index contributed by atoms with van der Waals surface area (Å²) in [5, 5.41) is 9.37. The van der Waals surface area contributed by atoms with Crippen molar-refractivity contribution < 1.29 is 19.0 Å². The zero-order chi connectivity index (χ0) is 16.5. The summed E-state index contributed by atoms with van der Waals surface area (Å²) in [4.78, 5) is 12.0. The van der Waals surface area contributed by atoms with Crippen LogP contribution in [0, 0.1) is 11.3 Å². The summed E-state index contributed by atoms with van der Waals surface area (Å²) in [5.74, 6) is -0.0170. The minimum atomic E-state index is -0.995. The van der Waals surface area contributed by atoms with Gasteiger partial charge in [-0.25, -0.2) is 0 Å². The lowest BCUT2D eigenvalue weighted by Gasteiger charge is -2.19. The fourth-order valence-electron chi connectivity index (χ4n) is 2.25. The number of methoxy groups -OCH3 is 2. The standard InChI is InChI=1S/C16H20ClNO4/c1-4-22-16(19)13(10-18)11-7-8-14(20-2)15(21-3)12(11)6-5-9-17/h7-8,13H,4-6,9H2,1-3H3. The second kappa shape index (κ2) is 9.16. The Kier molecular flexibility index (Phi) is 7.55. The summed E-state index contributed by atoms with van der Waals surface area (Å²) in [6, 6.07) is 5.39. The summed E-state index contributed by atoms with van der Waals surface area (Å²) in [5.41, 5.74) is 1.32. The normalized spacial score (nSPS) is 11.4. The van der Waals surface area contributed by atoms with Crippen LogP contribution < -0.4 is 9.47 Å². The minimum absolute atomic E-state index is 0.224. The van der Waals surface area contributed by atoms with Crippen molar-refractivity contribution in [3.8, 4) is 17.6 Å². The van der Waals surface area contributed by atoms with Gasteiger partial charge in [0.2, 0.25) is 0 Å². The number of ether oxygens (including phenoxy) is 3. The molecule has 6 heteroatoms. The number of hydrogen-bond acceptors (Lipinski definition) is 5. The molecule has 22 heavy (non-hydrogen) atoms. The molecule has 1 unspecified atom stereocenters. The molecule has 1 aromatic carbocycles. The van der Waals surface area contributed by atoms with Crippen LogP contribution in [0.2, 0.25) is 0 Å². The Morgan fingerprint density at radius 1 is 1.36 bits per heavy atom. The molecular formula is C16H20ClNO4. The van der Waals surface area contributed by atoms with E-state index in [1.54, 1.807) is 19.1 Å². The molecule has 0 N–H and O–H groups in total. The second-order valence-electron chi connectivity index (χ2n) is 4.48. The number of carbonyl (C=O) groups is 1. The topological polar surface area (TPSA) is 68.6 Å². The molecule has 0 aromatic heterocycles. The maximum Gasteiger partial charge on any atom is 0.327 e. The number of carbonyl (C=O) groups excluding carboxylic acids is 1. The van der Waals surface area contributed by atoms with Crippen LogP contribution in [0.5, 0.6) is 11.5 Å². The van der Waals surface area contributed by atoms with Crippen molar-refractivity contribution in [2.75, 3.05) is 26.7 Å². The molecule has 0 amide bonds. The number of esters is 1. The average Bonchev–Trinajstić information content (AvgIpc) is 2.53. The molecule has 5 nitrogen and oxygen atoms in total. The van der Waals surface area contributed by atoms with E-state index in [9.17, 15) is 10.1 Å². The van der Waals surface area contributed by atoms with E-state index in [0.29, 0.717) is 35.8 Å². The molecule has 0 saturated carbocycles. The number of nitrogens with zero attached hydrogens (tertiary/aromatic N) is 1. The molecule has 1 rings (SSSR count). The molecule has 0 bridgehead atoms. The van der Waals surface area contributed by atoms with E-state index in [4.69, 9.17) is 25.8 Å². The van der Waals surface area contributed by atoms with Crippen molar-refractivity contribution in [3.63, 3.8) is 0 Å². The number of rotatable bonds is 8. The van der Waals surface area contributed by atoms with Crippen LogP contribution in [0.15, 0.2) is 12.1 Å². The third-order valence-electron chi connectivity index (χ3n) is 3.21. The lowest BCUT2D eigenvalue weighted by molar-refractivity contribution is -0.143. The predicted octanol–water partition coefficient (Wildman–Crippen LogP) is 3.05. The third kappa shape index (κ3) is 4.05. The smallest absolute Gasteiger partial charge is 0.327 e. The number of halogens is 1. The monoisotopic (exact) mass is 325 g/mol. The Hall–Kier alpha value is -1.93. The second-order valence-corrected chi connectivity index (χ2v) is 4.85. The van der Waals surface area contributed by atoms with Crippen molar-refractivity contribution in [2.24, 2.45) is 0 Å². The Balaban J connectivity index is 3.38. The number of benzene rings is 1. The molecule has 0 aliphatic rings. The van der Waals surface area contributed by atoms with Gasteiger partial charge in [-0.3, -0.25) is 4.79 Å². The van der Waals surface area contributed by atoms with E-state index in [1.165, 1.54) is 14.2 Å². The van der Waals surface area contributed by atoms with E-state index in [-0.39, 0.29) is 6.61 Å². The summed E-state index contributed by atoms with van der Waals surface area (Å²) < 4.78 is 15.7. The largest absolute Gasteiger partial charge is 0.493 e. The summed E-state index contributed by atoms with van der Waals surface area (Å²) >= 11 is 5.77. The van der Waals surface area contributed by atoms with Crippen LogP contribution >= 0.6 is 11.6 Å². The zero-order valence-corrected chi connectivity index (χ0v) is 13.8. The maximum absolute atomic E-state index is 12.0. The molecule has 0 aliphatic heterocycles. The van der Waals surface area contributed by atoms with Gasteiger partial charge in [0.05, 0.1) is 26.9 Å². The van der Waals surface area contributed by atoms with Gasteiger partial charge in [-0.15, -0.1) is 11.6 Å². The van der Waals surface area contributed by atoms with Gasteiger partial charge in [0.1, 0.15) is 0 Å². The molecule has 1 atom stereocenters. The Labute approximate surface area is 135 Å². The van der Waals surface area contributed by atoms with Crippen LogP contribution in [-0.2, 0) is 16.0 Å². The average molecular weight is 326 g/mol. The van der Waals surface area contributed by atoms with Gasteiger partial charge in [-0.1, -0.05) is 6.07 Å². The molecule has 0 radical (unpaired) electrons. The molecular weight excluding hydrogens is 306 g/mol. The third-order valence-corrected chi connectivity index (χ3v) is 3.47. The number of nitriles is 1. The van der Waals surface area contributed by atoms with E-state index in [2.05, 4.69) is 0 Å². The fourth-order valence-corrected chi connectivity index (χ4v) is 2.39. The van der Waals surface area contributed by atoms with Gasteiger partial charge in [0, 0.05) is 11.4 Å². The van der Waals surface area contributed by atoms with E-state index in [1.807, 2.05) is 6.07 Å². The number of hydrogen-bond donors (Lipinski definition) is 0. The lowest BCUT2D eigenvalue weighted by atomic mass is 9.91. The Morgan fingerprint density at radius 2 is 2.09 bits per heavy atom. The summed E-state index contributed by atoms with van der Waals surface area (Å²) in [7, 11) is 3.06. The first-order valence-corrected chi connectivity index (χ1v) is 7.53. The Morgan fingerprint density at radius 3 is 2.59 bits per heavy atom. The molecule has 1 aromatic rings. The van der Waals surface area contributed by atoms with Gasteiger partial charge in [-0.2, -0.15) is 5.26 Å². The highest BCUT2D eigenvalue weighted by Crippen LogP contribution is 2.37. The SMILES string of the molecule is CCOC(=O)C(C#N)c1ccc(OC)c(OC)c1CCCCl. The number of alkyl halides is 1. The summed E-state index contributed by atoms with van der Waals surface area (Å²) in [6.45, 7) is 1.93. The lowest BCUT2D eigenvalue weighted by Crippen LogP contribution is -2.17. The zero-order valence-electron chi connectivity index (χ0n) is 13.0. The van der Waals surface area contributed by atoms with Crippen molar-refractivity contribution in [1.29, 1.82) is 5.26 Å². The van der Waals surface area contributed by atoms with Crippen LogP contribution in [-0.4, -0.2) is 32.7 Å². The van der Waals surface area contributed by atoms with E-state index in [0.717, 1.165) is 5.56 Å². The Bertz CT molecular complexity index is 554. The molecule has 0 fully saturated rings. The first-order chi connectivity index (χ1) is 10.6. The highest BCUT2D eigenvalue weighted by Gasteiger charge is 2.27. The van der Waals surface area contributed by atoms with Gasteiger partial charge in [0.25, 0.3) is 0 Å². The highest BCUT2D eigenvalue weighted by atomic mass is 35.5. The molecule has 0 heterocycles. The van der Waals surface area contributed by atoms with Crippen molar-refractivity contribution in [2.45, 2.75) is 25.7 Å². The first-order valence-electron chi connectivity index (χ1n) is 7.00. The maximum atomic E-state index is 12.0. The van der Waals surface area contributed by atoms with Crippen LogP contribution in [0.4, 0.5) is 0 Å². The van der Waals surface area contributed by atoms with Gasteiger partial charge < -0.3 is 14.2 Å². The molecule has 0 aliphatic carbocycles. The van der Waals surface area contributed by atoms with E-state index >= 15 is 0 Å². The van der Waals surface area contributed by atoms with Gasteiger partial charge >= 0.3 is 5.97 Å². The highest BCUT2D eigenvalue weighted by molar-refractivity contribution is 6.17. The van der Waals surface area contributed by atoms with Gasteiger partial charge in [0.15, 0.2) is 17.4 Å². The van der Waals surface area contributed by atoms with E-state index < -0.39 is 11.9 Å². The quantitative estimate of drug-likeness (QED) is 0.543. The van der Waals surface area contributed by atoms with Crippen LogP contribution in [0.25, 0.3) is 0 Å². The fraction of sp³-hybridized carbons (Fsp3) is 0.500. The van der Waals surface area contributed by atoms with Gasteiger partial charge in [-0.05, 0) is 31.4 Å². The van der Waals surface area contributed by atoms with Crippen LogP contribution in [0.3, 0.4) is 0 Å². The first kappa shape index (κ1) is 18.1. The minimum Gasteiger partial charge on any atom is -0.493 e. The van der Waals surface area contributed by atoms with Crippen molar-refractivity contribution in [3.05, 3.63) is 23.3 Å². The molecule has 0 spiro atoms. The van der Waals surface area contributed by atoms with Crippen molar-refractivity contribution >= 4 is 17.6 Å². The predicted molar refractivity (Wildman–Crippen MR) is 83.6 cm³/mol. The molecule has 120 valence electrons. The summed E-state index contributed by atoms with van der Waals surface area (Å²) in [6.07, 6.45) is 1.27. The molecule has 0 saturated heterocycles. The van der Waals surface area contributed by atoms with Crippen LogP contribution in [0.1, 0.15) is 30.4 Å². The van der Waals surface area contributed by atoms with Crippen molar-refractivity contribution in [1.82, 2.24) is 0 Å².